The molecule has 1 aliphatic heterocycles. The number of morpholine rings is 1. The van der Waals surface area contributed by atoms with E-state index < -0.39 is 15.9 Å². The average Bonchev–Trinajstić information content (AvgIpc) is 3.19. The maximum Gasteiger partial charge on any atom is 0.263 e. The van der Waals surface area contributed by atoms with E-state index in [9.17, 15) is 13.2 Å². The van der Waals surface area contributed by atoms with Gasteiger partial charge in [0.1, 0.15) is 15.5 Å². The van der Waals surface area contributed by atoms with Gasteiger partial charge in [0, 0.05) is 18.7 Å². The van der Waals surface area contributed by atoms with E-state index >= 15 is 0 Å². The second kappa shape index (κ2) is 8.60. The molecule has 1 atom stereocenters. The average molecular weight is 425 g/mol. The van der Waals surface area contributed by atoms with Crippen molar-refractivity contribution in [3.05, 3.63) is 45.6 Å². The van der Waals surface area contributed by atoms with Crippen LogP contribution in [0.3, 0.4) is 0 Å². The van der Waals surface area contributed by atoms with Crippen molar-refractivity contribution in [1.82, 2.24) is 9.62 Å². The molecule has 2 heterocycles. The number of aryl methyl sites for hydroxylation is 1. The Morgan fingerprint density at radius 2 is 2.00 bits per heavy atom. The first kappa shape index (κ1) is 20.8. The summed E-state index contributed by atoms with van der Waals surface area (Å²) in [4.78, 5) is 13.1. The summed E-state index contributed by atoms with van der Waals surface area (Å²) in [6, 6.07) is 6.88. The molecule has 1 N–H and O–H groups in total. The van der Waals surface area contributed by atoms with Crippen molar-refractivity contribution < 1.29 is 22.7 Å². The third kappa shape index (κ3) is 4.22. The Morgan fingerprint density at radius 3 is 2.68 bits per heavy atom. The first-order valence-electron chi connectivity index (χ1n) is 8.95. The highest BCUT2D eigenvalue weighted by atomic mass is 32.2. The zero-order valence-corrected chi connectivity index (χ0v) is 17.7. The van der Waals surface area contributed by atoms with Crippen LogP contribution in [-0.2, 0) is 14.8 Å². The predicted octanol–water partition coefficient (Wildman–Crippen LogP) is 2.58. The smallest absolute Gasteiger partial charge is 0.263 e. The molecule has 7 nitrogen and oxygen atoms in total. The Bertz CT molecular complexity index is 949. The molecule has 1 saturated heterocycles. The summed E-state index contributed by atoms with van der Waals surface area (Å²) in [5.41, 5.74) is 1.88. The molecule has 0 aliphatic carbocycles. The van der Waals surface area contributed by atoms with Gasteiger partial charge in [0.2, 0.25) is 10.0 Å². The van der Waals surface area contributed by atoms with Crippen molar-refractivity contribution in [1.29, 1.82) is 0 Å². The molecular weight excluding hydrogens is 400 g/mol. The summed E-state index contributed by atoms with van der Waals surface area (Å²) in [7, 11) is -2.16. The van der Waals surface area contributed by atoms with E-state index in [1.54, 1.807) is 12.5 Å². The van der Waals surface area contributed by atoms with Gasteiger partial charge < -0.3 is 14.8 Å². The number of benzene rings is 1. The number of hydrogen-bond donors (Lipinski definition) is 1. The molecule has 1 aromatic carbocycles. The number of carbonyl (C=O) groups excluding carboxylic acids is 1. The summed E-state index contributed by atoms with van der Waals surface area (Å²) in [5, 5.41) is 4.52. The van der Waals surface area contributed by atoms with Crippen LogP contribution in [-0.4, -0.2) is 52.0 Å². The van der Waals surface area contributed by atoms with Crippen LogP contribution in [0, 0.1) is 6.92 Å². The Morgan fingerprint density at radius 1 is 1.29 bits per heavy atom. The highest BCUT2D eigenvalue weighted by Gasteiger charge is 2.31. The quantitative estimate of drug-likeness (QED) is 0.770. The van der Waals surface area contributed by atoms with Crippen LogP contribution in [0.15, 0.2) is 34.5 Å². The summed E-state index contributed by atoms with van der Waals surface area (Å²) in [5.74, 6) is 0.253. The molecule has 9 heteroatoms. The van der Waals surface area contributed by atoms with E-state index in [0.717, 1.165) is 22.5 Å². The normalized spacial score (nSPS) is 16.5. The Balaban J connectivity index is 1.83. The molecule has 1 fully saturated rings. The van der Waals surface area contributed by atoms with E-state index in [4.69, 9.17) is 9.47 Å². The number of thiophene rings is 1. The molecule has 152 valence electrons. The van der Waals surface area contributed by atoms with Crippen LogP contribution >= 0.6 is 11.3 Å². The van der Waals surface area contributed by atoms with Gasteiger partial charge in [-0.2, -0.15) is 4.31 Å². The van der Waals surface area contributed by atoms with Crippen LogP contribution in [0.5, 0.6) is 5.75 Å². The van der Waals surface area contributed by atoms with Gasteiger partial charge in [-0.15, -0.1) is 11.3 Å². The molecule has 1 unspecified atom stereocenters. The van der Waals surface area contributed by atoms with E-state index in [2.05, 4.69) is 5.32 Å². The lowest BCUT2D eigenvalue weighted by atomic mass is 10.0. The number of ether oxygens (including phenoxy) is 2. The second-order valence-electron chi connectivity index (χ2n) is 6.57. The maximum atomic E-state index is 13.0. The topological polar surface area (TPSA) is 84.9 Å². The molecule has 0 bridgehead atoms. The SMILES string of the molecule is COc1ccc(C)cc1C(C)NC(=O)c1sccc1S(=O)(=O)N1CCOCC1. The van der Waals surface area contributed by atoms with Crippen LogP contribution < -0.4 is 10.1 Å². The summed E-state index contributed by atoms with van der Waals surface area (Å²) >= 11 is 1.12. The molecule has 0 saturated carbocycles. The number of amides is 1. The van der Waals surface area contributed by atoms with Gasteiger partial charge >= 0.3 is 0 Å². The number of hydrogen-bond acceptors (Lipinski definition) is 6. The van der Waals surface area contributed by atoms with Crippen molar-refractivity contribution in [2.75, 3.05) is 33.4 Å². The number of rotatable bonds is 6. The van der Waals surface area contributed by atoms with E-state index in [1.165, 1.54) is 10.4 Å². The van der Waals surface area contributed by atoms with Crippen molar-refractivity contribution >= 4 is 27.3 Å². The molecule has 1 amide bonds. The summed E-state index contributed by atoms with van der Waals surface area (Å²) in [6.45, 7) is 5.10. The fraction of sp³-hybridized carbons (Fsp3) is 0.421. The van der Waals surface area contributed by atoms with Gasteiger partial charge in [0.25, 0.3) is 5.91 Å². The molecule has 0 radical (unpaired) electrons. The van der Waals surface area contributed by atoms with E-state index in [-0.39, 0.29) is 28.9 Å². The molecule has 3 rings (SSSR count). The monoisotopic (exact) mass is 424 g/mol. The summed E-state index contributed by atoms with van der Waals surface area (Å²) < 4.78 is 37.9. The molecule has 1 aromatic heterocycles. The lowest BCUT2D eigenvalue weighted by molar-refractivity contribution is 0.0730. The number of nitrogens with one attached hydrogen (secondary N) is 1. The number of nitrogens with zero attached hydrogens (tertiary/aromatic N) is 1. The highest BCUT2D eigenvalue weighted by molar-refractivity contribution is 7.89. The first-order chi connectivity index (χ1) is 13.3. The van der Waals surface area contributed by atoms with Crippen molar-refractivity contribution in [3.8, 4) is 5.75 Å². The first-order valence-corrected chi connectivity index (χ1v) is 11.3. The van der Waals surface area contributed by atoms with Crippen LogP contribution in [0.2, 0.25) is 0 Å². The third-order valence-electron chi connectivity index (χ3n) is 4.62. The number of carbonyl (C=O) groups is 1. The minimum Gasteiger partial charge on any atom is -0.496 e. The molecular formula is C19H24N2O5S2. The van der Waals surface area contributed by atoms with Crippen molar-refractivity contribution in [3.63, 3.8) is 0 Å². The minimum absolute atomic E-state index is 0.0420. The zero-order valence-electron chi connectivity index (χ0n) is 16.1. The van der Waals surface area contributed by atoms with Gasteiger partial charge in [-0.3, -0.25) is 4.79 Å². The molecule has 0 spiro atoms. The van der Waals surface area contributed by atoms with E-state index in [0.29, 0.717) is 19.0 Å². The largest absolute Gasteiger partial charge is 0.496 e. The maximum absolute atomic E-state index is 13.0. The highest BCUT2D eigenvalue weighted by Crippen LogP contribution is 2.29. The molecule has 2 aromatic rings. The predicted molar refractivity (Wildman–Crippen MR) is 108 cm³/mol. The zero-order chi connectivity index (χ0) is 20.3. The lowest BCUT2D eigenvalue weighted by Gasteiger charge is -2.26. The minimum atomic E-state index is -3.74. The molecule has 28 heavy (non-hydrogen) atoms. The fourth-order valence-corrected chi connectivity index (χ4v) is 5.84. The van der Waals surface area contributed by atoms with Gasteiger partial charge in [0.05, 0.1) is 26.4 Å². The number of methoxy groups -OCH3 is 1. The van der Waals surface area contributed by atoms with Crippen LogP contribution in [0.25, 0.3) is 0 Å². The van der Waals surface area contributed by atoms with E-state index in [1.807, 2.05) is 32.0 Å². The van der Waals surface area contributed by atoms with Crippen molar-refractivity contribution in [2.45, 2.75) is 24.8 Å². The van der Waals surface area contributed by atoms with Gasteiger partial charge in [-0.1, -0.05) is 17.7 Å². The van der Waals surface area contributed by atoms with Gasteiger partial charge in [-0.05, 0) is 31.4 Å². The van der Waals surface area contributed by atoms with Crippen LogP contribution in [0.4, 0.5) is 0 Å². The lowest BCUT2D eigenvalue weighted by Crippen LogP contribution is -2.41. The summed E-state index contributed by atoms with van der Waals surface area (Å²) in [6.07, 6.45) is 0. The van der Waals surface area contributed by atoms with Crippen LogP contribution in [0.1, 0.15) is 33.8 Å². The Labute approximate surface area is 169 Å². The van der Waals surface area contributed by atoms with Gasteiger partial charge in [0.15, 0.2) is 0 Å². The number of sulfonamides is 1. The fourth-order valence-electron chi connectivity index (χ4n) is 3.12. The third-order valence-corrected chi connectivity index (χ3v) is 7.61. The molecule has 1 aliphatic rings. The van der Waals surface area contributed by atoms with Gasteiger partial charge in [-0.25, -0.2) is 8.42 Å². The van der Waals surface area contributed by atoms with Crippen molar-refractivity contribution in [2.24, 2.45) is 0 Å². The standard InChI is InChI=1S/C19H24N2O5S2/c1-13-4-5-16(25-3)15(12-13)14(2)20-19(22)18-17(6-11-27-18)28(23,24)21-7-9-26-10-8-21/h4-6,11-12,14H,7-10H2,1-3H3,(H,20,22). The Hall–Kier alpha value is -1.94. The second-order valence-corrected chi connectivity index (χ2v) is 9.39. The Kier molecular flexibility index (Phi) is 6.39.